The molecule has 4 nitrogen and oxygen atoms in total. The molecular weight excluding hydrogens is 377 g/mol. The molecule has 0 atom stereocenters. The smallest absolute Gasteiger partial charge is 0.460 e. The predicted octanol–water partition coefficient (Wildman–Crippen LogP) is 4.24. The van der Waals surface area contributed by atoms with Gasteiger partial charge in [-0.3, -0.25) is 0 Å². The summed E-state index contributed by atoms with van der Waals surface area (Å²) in [6.07, 6.45) is -5.95. The molecule has 0 aliphatic rings. The lowest BCUT2D eigenvalue weighted by Gasteiger charge is -2.27. The van der Waals surface area contributed by atoms with E-state index in [1.807, 2.05) is 0 Å². The first-order valence-corrected chi connectivity index (χ1v) is 7.10. The van der Waals surface area contributed by atoms with Crippen LogP contribution in [0.1, 0.15) is 34.1 Å². The van der Waals surface area contributed by atoms with Crippen molar-refractivity contribution in [2.45, 2.75) is 31.4 Å². The van der Waals surface area contributed by atoms with Crippen molar-refractivity contribution in [2.24, 2.45) is 0 Å². The second-order valence-electron chi connectivity index (χ2n) is 5.07. The number of alkyl halides is 7. The molecule has 0 fully saturated rings. The van der Waals surface area contributed by atoms with Gasteiger partial charge in [-0.05, 0) is 30.7 Å². The van der Waals surface area contributed by atoms with Crippen LogP contribution in [0.25, 0.3) is 0 Å². The van der Waals surface area contributed by atoms with Crippen LogP contribution in [0, 0.1) is 0 Å². The van der Waals surface area contributed by atoms with Crippen LogP contribution < -0.4 is 0 Å². The monoisotopic (exact) mass is 390 g/mol. The zero-order chi connectivity index (χ0) is 20.2. The van der Waals surface area contributed by atoms with Gasteiger partial charge < -0.3 is 9.47 Å². The minimum absolute atomic E-state index is 0.0175. The summed E-state index contributed by atoms with van der Waals surface area (Å²) in [6, 6.07) is 4.06. The molecule has 0 saturated heterocycles. The molecule has 1 aromatic carbocycles. The van der Waals surface area contributed by atoms with E-state index in [1.165, 1.54) is 0 Å². The van der Waals surface area contributed by atoms with Crippen LogP contribution in [0.15, 0.2) is 24.3 Å². The second kappa shape index (κ2) is 7.92. The van der Waals surface area contributed by atoms with Crippen molar-refractivity contribution in [1.29, 1.82) is 0 Å². The fraction of sp³-hybridized carbons (Fsp3) is 0.467. The Bertz CT molecular complexity index is 638. The highest BCUT2D eigenvalue weighted by Crippen LogP contribution is 2.46. The van der Waals surface area contributed by atoms with Crippen LogP contribution in [0.3, 0.4) is 0 Å². The van der Waals surface area contributed by atoms with E-state index in [9.17, 15) is 40.3 Å². The van der Waals surface area contributed by atoms with Gasteiger partial charge in [-0.2, -0.15) is 30.7 Å². The summed E-state index contributed by atoms with van der Waals surface area (Å²) in [5.41, 5.74) is -0.410. The SMILES string of the molecule is CCCOC(=O)c1ccc(C(=O)OCC(F)(F)C(F)(F)C(F)(F)F)cc1. The van der Waals surface area contributed by atoms with Crippen molar-refractivity contribution < 1.29 is 49.8 Å². The van der Waals surface area contributed by atoms with Gasteiger partial charge in [0.05, 0.1) is 17.7 Å². The first kappa shape index (κ1) is 21.7. The zero-order valence-electron chi connectivity index (χ0n) is 13.2. The molecule has 0 bridgehead atoms. The third-order valence-corrected chi connectivity index (χ3v) is 2.99. The maximum absolute atomic E-state index is 13.1. The second-order valence-corrected chi connectivity index (χ2v) is 5.07. The Labute approximate surface area is 142 Å². The van der Waals surface area contributed by atoms with E-state index in [-0.39, 0.29) is 12.2 Å². The molecule has 0 spiro atoms. The average Bonchev–Trinajstić information content (AvgIpc) is 2.56. The van der Waals surface area contributed by atoms with Crippen LogP contribution >= 0.6 is 0 Å². The average molecular weight is 390 g/mol. The standard InChI is InChI=1S/C15H13F7O4/c1-2-7-25-11(23)9-3-5-10(6-4-9)12(24)26-8-13(16,17)14(18,19)15(20,21)22/h3-6H,2,7-8H2,1H3. The van der Waals surface area contributed by atoms with Gasteiger partial charge in [-0.1, -0.05) is 6.92 Å². The number of benzene rings is 1. The maximum atomic E-state index is 13.1. The third kappa shape index (κ3) is 4.85. The van der Waals surface area contributed by atoms with Gasteiger partial charge in [0.15, 0.2) is 6.61 Å². The molecule has 0 aromatic heterocycles. The fourth-order valence-electron chi connectivity index (χ4n) is 1.56. The number of carbonyl (C=O) groups excluding carboxylic acids is 2. The number of carbonyl (C=O) groups is 2. The van der Waals surface area contributed by atoms with Crippen LogP contribution in [0.2, 0.25) is 0 Å². The first-order valence-electron chi connectivity index (χ1n) is 7.10. The zero-order valence-corrected chi connectivity index (χ0v) is 13.2. The molecule has 1 aromatic rings. The summed E-state index contributed by atoms with van der Waals surface area (Å²) >= 11 is 0. The highest BCUT2D eigenvalue weighted by atomic mass is 19.4. The lowest BCUT2D eigenvalue weighted by molar-refractivity contribution is -0.359. The van der Waals surface area contributed by atoms with Crippen molar-refractivity contribution in [3.8, 4) is 0 Å². The van der Waals surface area contributed by atoms with E-state index in [0.717, 1.165) is 24.3 Å². The highest BCUT2D eigenvalue weighted by molar-refractivity contribution is 5.93. The van der Waals surface area contributed by atoms with Crippen LogP contribution in [-0.2, 0) is 9.47 Å². The Hall–Kier alpha value is -2.33. The van der Waals surface area contributed by atoms with Crippen molar-refractivity contribution >= 4 is 11.9 Å². The molecule has 0 amide bonds. The summed E-state index contributed by atoms with van der Waals surface area (Å²) in [5, 5.41) is 0. The minimum atomic E-state index is -6.51. The Kier molecular flexibility index (Phi) is 6.61. The molecule has 26 heavy (non-hydrogen) atoms. The largest absolute Gasteiger partial charge is 0.462 e. The number of hydrogen-bond acceptors (Lipinski definition) is 4. The Morgan fingerprint density at radius 2 is 1.27 bits per heavy atom. The summed E-state index contributed by atoms with van der Waals surface area (Å²) in [5.74, 6) is -14.3. The number of rotatable bonds is 7. The van der Waals surface area contributed by atoms with E-state index in [1.54, 1.807) is 6.92 Å². The molecule has 1 rings (SSSR count). The van der Waals surface area contributed by atoms with Crippen molar-refractivity contribution in [3.05, 3.63) is 35.4 Å². The van der Waals surface area contributed by atoms with E-state index < -0.39 is 42.1 Å². The molecule has 0 radical (unpaired) electrons. The van der Waals surface area contributed by atoms with Crippen LogP contribution in [0.5, 0.6) is 0 Å². The Morgan fingerprint density at radius 3 is 1.65 bits per heavy atom. The van der Waals surface area contributed by atoms with Gasteiger partial charge in [0.1, 0.15) is 0 Å². The van der Waals surface area contributed by atoms with Crippen molar-refractivity contribution in [1.82, 2.24) is 0 Å². The van der Waals surface area contributed by atoms with Crippen molar-refractivity contribution in [2.75, 3.05) is 13.2 Å². The molecule has 0 aliphatic carbocycles. The molecule has 0 aliphatic heterocycles. The van der Waals surface area contributed by atoms with Gasteiger partial charge in [0, 0.05) is 0 Å². The van der Waals surface area contributed by atoms with E-state index in [4.69, 9.17) is 4.74 Å². The van der Waals surface area contributed by atoms with E-state index in [0.29, 0.717) is 6.42 Å². The fourth-order valence-corrected chi connectivity index (χ4v) is 1.56. The molecule has 0 heterocycles. The van der Waals surface area contributed by atoms with Gasteiger partial charge in [0.2, 0.25) is 0 Å². The van der Waals surface area contributed by atoms with Gasteiger partial charge >= 0.3 is 30.0 Å². The molecule has 0 unspecified atom stereocenters. The molecule has 146 valence electrons. The van der Waals surface area contributed by atoms with Gasteiger partial charge in [0.25, 0.3) is 0 Å². The summed E-state index contributed by atoms with van der Waals surface area (Å²) in [7, 11) is 0. The number of ether oxygens (including phenoxy) is 2. The number of halogens is 7. The number of hydrogen-bond donors (Lipinski definition) is 0. The summed E-state index contributed by atoms with van der Waals surface area (Å²) < 4.78 is 96.0. The molecule has 0 saturated carbocycles. The first-order chi connectivity index (χ1) is 11.8. The topological polar surface area (TPSA) is 52.6 Å². The highest BCUT2D eigenvalue weighted by Gasteiger charge is 2.73. The normalized spacial score (nSPS) is 12.6. The van der Waals surface area contributed by atoms with Crippen LogP contribution in [-0.4, -0.2) is 43.2 Å². The molecular formula is C15H13F7O4. The molecule has 0 N–H and O–H groups in total. The maximum Gasteiger partial charge on any atom is 0.460 e. The lowest BCUT2D eigenvalue weighted by Crippen LogP contribution is -2.54. The lowest BCUT2D eigenvalue weighted by atomic mass is 10.1. The quantitative estimate of drug-likeness (QED) is 0.516. The third-order valence-electron chi connectivity index (χ3n) is 2.99. The summed E-state index contributed by atoms with van der Waals surface area (Å²) in [6.45, 7) is -0.575. The minimum Gasteiger partial charge on any atom is -0.462 e. The van der Waals surface area contributed by atoms with Gasteiger partial charge in [-0.25, -0.2) is 9.59 Å². The summed E-state index contributed by atoms with van der Waals surface area (Å²) in [4.78, 5) is 23.0. The van der Waals surface area contributed by atoms with E-state index in [2.05, 4.69) is 4.74 Å². The van der Waals surface area contributed by atoms with E-state index >= 15 is 0 Å². The Balaban J connectivity index is 2.75. The van der Waals surface area contributed by atoms with Crippen LogP contribution in [0.4, 0.5) is 30.7 Å². The van der Waals surface area contributed by atoms with Gasteiger partial charge in [-0.15, -0.1) is 0 Å². The van der Waals surface area contributed by atoms with Crippen molar-refractivity contribution in [3.63, 3.8) is 0 Å². The number of esters is 2. The molecule has 11 heteroatoms. The predicted molar refractivity (Wildman–Crippen MR) is 73.2 cm³/mol. The Morgan fingerprint density at radius 1 is 0.846 bits per heavy atom.